The Bertz CT molecular complexity index is 295. The van der Waals surface area contributed by atoms with Gasteiger partial charge in [0.2, 0.25) is 5.88 Å². The van der Waals surface area contributed by atoms with Crippen molar-refractivity contribution in [3.8, 4) is 5.88 Å². The van der Waals surface area contributed by atoms with Crippen LogP contribution in [-0.4, -0.2) is 27.0 Å². The van der Waals surface area contributed by atoms with Crippen LogP contribution in [0.3, 0.4) is 0 Å². The molecule has 0 saturated carbocycles. The molecule has 0 aliphatic rings. The SMILES string of the molecule is CCC(C)NC(=O)c1nc(O)c[nH]1. The standard InChI is InChI=1S/C8H13N3O2/c1-3-5(2)10-8(13)7-9-4-6(12)11-7/h4-5,12H,3H2,1-2H3,(H,9,11)(H,10,13). The van der Waals surface area contributed by atoms with Crippen LogP contribution in [0.1, 0.15) is 30.9 Å². The molecule has 0 aromatic carbocycles. The van der Waals surface area contributed by atoms with Gasteiger partial charge in [-0.15, -0.1) is 0 Å². The van der Waals surface area contributed by atoms with Gasteiger partial charge in [-0.1, -0.05) is 6.92 Å². The molecule has 5 heteroatoms. The first-order valence-corrected chi connectivity index (χ1v) is 4.18. The van der Waals surface area contributed by atoms with Gasteiger partial charge in [0.1, 0.15) is 0 Å². The van der Waals surface area contributed by atoms with Gasteiger partial charge < -0.3 is 15.4 Å². The lowest BCUT2D eigenvalue weighted by molar-refractivity contribution is 0.0929. The lowest BCUT2D eigenvalue weighted by Gasteiger charge is -2.08. The highest BCUT2D eigenvalue weighted by molar-refractivity contribution is 5.90. The number of carbonyl (C=O) groups is 1. The zero-order chi connectivity index (χ0) is 9.84. The summed E-state index contributed by atoms with van der Waals surface area (Å²) in [5, 5.41) is 11.6. The molecule has 0 spiro atoms. The van der Waals surface area contributed by atoms with Crippen LogP contribution in [0.4, 0.5) is 0 Å². The number of nitrogens with one attached hydrogen (secondary N) is 2. The average molecular weight is 183 g/mol. The molecule has 0 fully saturated rings. The maximum absolute atomic E-state index is 11.3. The fourth-order valence-corrected chi connectivity index (χ4v) is 0.823. The Morgan fingerprint density at radius 2 is 2.54 bits per heavy atom. The van der Waals surface area contributed by atoms with Gasteiger partial charge in [0.05, 0.1) is 6.20 Å². The van der Waals surface area contributed by atoms with E-state index in [-0.39, 0.29) is 23.7 Å². The van der Waals surface area contributed by atoms with Crippen molar-refractivity contribution in [2.24, 2.45) is 0 Å². The third-order valence-corrected chi connectivity index (χ3v) is 1.77. The molecule has 0 bridgehead atoms. The van der Waals surface area contributed by atoms with Crippen molar-refractivity contribution in [1.29, 1.82) is 0 Å². The van der Waals surface area contributed by atoms with Crippen LogP contribution in [0.5, 0.6) is 5.88 Å². The van der Waals surface area contributed by atoms with E-state index in [1.165, 1.54) is 6.20 Å². The summed E-state index contributed by atoms with van der Waals surface area (Å²) in [6.07, 6.45) is 2.13. The Kier molecular flexibility index (Phi) is 2.89. The normalized spacial score (nSPS) is 12.5. The van der Waals surface area contributed by atoms with Gasteiger partial charge in [-0.2, -0.15) is 4.98 Å². The van der Waals surface area contributed by atoms with Crippen LogP contribution < -0.4 is 5.32 Å². The number of H-pyrrole nitrogens is 1. The highest BCUT2D eigenvalue weighted by Gasteiger charge is 2.11. The highest BCUT2D eigenvalue weighted by Crippen LogP contribution is 2.02. The van der Waals surface area contributed by atoms with Crippen LogP contribution in [0, 0.1) is 0 Å². The molecule has 72 valence electrons. The molecular weight excluding hydrogens is 170 g/mol. The van der Waals surface area contributed by atoms with Gasteiger partial charge in [0.25, 0.3) is 5.91 Å². The van der Waals surface area contributed by atoms with Gasteiger partial charge in [0, 0.05) is 6.04 Å². The third kappa shape index (κ3) is 2.47. The van der Waals surface area contributed by atoms with E-state index in [2.05, 4.69) is 15.3 Å². The predicted molar refractivity (Wildman–Crippen MR) is 47.5 cm³/mol. The minimum atomic E-state index is -0.297. The second-order valence-electron chi connectivity index (χ2n) is 2.89. The maximum Gasteiger partial charge on any atom is 0.287 e. The van der Waals surface area contributed by atoms with Crippen molar-refractivity contribution < 1.29 is 9.90 Å². The van der Waals surface area contributed by atoms with Crippen molar-refractivity contribution in [2.75, 3.05) is 0 Å². The second kappa shape index (κ2) is 3.93. The van der Waals surface area contributed by atoms with E-state index in [0.29, 0.717) is 0 Å². The van der Waals surface area contributed by atoms with E-state index in [9.17, 15) is 4.79 Å². The Hall–Kier alpha value is -1.52. The van der Waals surface area contributed by atoms with E-state index in [0.717, 1.165) is 6.42 Å². The molecule has 1 atom stereocenters. The first kappa shape index (κ1) is 9.57. The number of aromatic amines is 1. The van der Waals surface area contributed by atoms with Gasteiger partial charge in [-0.05, 0) is 13.3 Å². The number of imidazole rings is 1. The largest absolute Gasteiger partial charge is 0.492 e. The van der Waals surface area contributed by atoms with Crippen molar-refractivity contribution in [2.45, 2.75) is 26.3 Å². The number of carbonyl (C=O) groups excluding carboxylic acids is 1. The van der Waals surface area contributed by atoms with E-state index < -0.39 is 0 Å². The number of aromatic hydroxyl groups is 1. The summed E-state index contributed by atoms with van der Waals surface area (Å²) in [5.41, 5.74) is 0. The molecule has 5 nitrogen and oxygen atoms in total. The van der Waals surface area contributed by atoms with Crippen LogP contribution in [0.15, 0.2) is 6.20 Å². The summed E-state index contributed by atoms with van der Waals surface area (Å²) < 4.78 is 0. The Labute approximate surface area is 76.2 Å². The van der Waals surface area contributed by atoms with E-state index in [1.807, 2.05) is 13.8 Å². The molecule has 1 unspecified atom stereocenters. The number of rotatable bonds is 3. The molecule has 13 heavy (non-hydrogen) atoms. The number of amides is 1. The smallest absolute Gasteiger partial charge is 0.287 e. The summed E-state index contributed by atoms with van der Waals surface area (Å²) in [4.78, 5) is 17.5. The summed E-state index contributed by atoms with van der Waals surface area (Å²) in [5.74, 6) is -0.332. The monoisotopic (exact) mass is 183 g/mol. The topological polar surface area (TPSA) is 78.0 Å². The van der Waals surface area contributed by atoms with Gasteiger partial charge in [-0.3, -0.25) is 4.79 Å². The van der Waals surface area contributed by atoms with Gasteiger partial charge >= 0.3 is 0 Å². The lowest BCUT2D eigenvalue weighted by Crippen LogP contribution is -2.32. The summed E-state index contributed by atoms with van der Waals surface area (Å²) >= 11 is 0. The minimum Gasteiger partial charge on any atom is -0.492 e. The average Bonchev–Trinajstić information content (AvgIpc) is 2.51. The first-order valence-electron chi connectivity index (χ1n) is 4.18. The van der Waals surface area contributed by atoms with E-state index >= 15 is 0 Å². The number of hydrogen-bond donors (Lipinski definition) is 3. The van der Waals surface area contributed by atoms with Crippen molar-refractivity contribution >= 4 is 5.91 Å². The molecule has 1 aromatic heterocycles. The van der Waals surface area contributed by atoms with Gasteiger partial charge in [-0.25, -0.2) is 0 Å². The van der Waals surface area contributed by atoms with Crippen molar-refractivity contribution in [3.63, 3.8) is 0 Å². The molecule has 1 rings (SSSR count). The predicted octanol–water partition coefficient (Wildman–Crippen LogP) is 0.644. The third-order valence-electron chi connectivity index (χ3n) is 1.77. The Morgan fingerprint density at radius 1 is 1.85 bits per heavy atom. The summed E-state index contributed by atoms with van der Waals surface area (Å²) in [6.45, 7) is 3.88. The zero-order valence-corrected chi connectivity index (χ0v) is 7.66. The molecule has 1 amide bonds. The highest BCUT2D eigenvalue weighted by atomic mass is 16.3. The van der Waals surface area contributed by atoms with Crippen LogP contribution >= 0.6 is 0 Å². The minimum absolute atomic E-state index is 0.111. The molecule has 0 aliphatic heterocycles. The summed E-state index contributed by atoms with van der Waals surface area (Å²) in [7, 11) is 0. The second-order valence-corrected chi connectivity index (χ2v) is 2.89. The van der Waals surface area contributed by atoms with Crippen molar-refractivity contribution in [1.82, 2.24) is 15.3 Å². The fourth-order valence-electron chi connectivity index (χ4n) is 0.823. The van der Waals surface area contributed by atoms with Crippen LogP contribution in [0.25, 0.3) is 0 Å². The van der Waals surface area contributed by atoms with Gasteiger partial charge in [0.15, 0.2) is 5.82 Å². The molecule has 3 N–H and O–H groups in total. The molecular formula is C8H13N3O2. The first-order chi connectivity index (χ1) is 6.13. The Morgan fingerprint density at radius 3 is 3.00 bits per heavy atom. The van der Waals surface area contributed by atoms with Crippen LogP contribution in [-0.2, 0) is 0 Å². The summed E-state index contributed by atoms with van der Waals surface area (Å²) in [6, 6.07) is 0.111. The number of aromatic nitrogens is 2. The maximum atomic E-state index is 11.3. The molecule has 1 heterocycles. The molecule has 0 saturated heterocycles. The zero-order valence-electron chi connectivity index (χ0n) is 7.66. The van der Waals surface area contributed by atoms with E-state index in [1.54, 1.807) is 0 Å². The quantitative estimate of drug-likeness (QED) is 0.643. The molecule has 0 radical (unpaired) electrons. The number of nitrogens with zero attached hydrogens (tertiary/aromatic N) is 1. The fraction of sp³-hybridized carbons (Fsp3) is 0.500. The Balaban J connectivity index is 2.58. The van der Waals surface area contributed by atoms with Crippen LogP contribution in [0.2, 0.25) is 0 Å². The number of hydrogen-bond acceptors (Lipinski definition) is 3. The lowest BCUT2D eigenvalue weighted by atomic mass is 10.2. The molecule has 0 aliphatic carbocycles. The van der Waals surface area contributed by atoms with E-state index in [4.69, 9.17) is 5.11 Å². The van der Waals surface area contributed by atoms with Crippen molar-refractivity contribution in [3.05, 3.63) is 12.0 Å². The molecule has 1 aromatic rings.